The van der Waals surface area contributed by atoms with E-state index in [4.69, 9.17) is 4.74 Å². The Morgan fingerprint density at radius 2 is 2.12 bits per heavy atom. The van der Waals surface area contributed by atoms with Gasteiger partial charge in [0.15, 0.2) is 0 Å². The molecule has 0 amide bonds. The number of nitrogens with one attached hydrogen (secondary N) is 1. The summed E-state index contributed by atoms with van der Waals surface area (Å²) in [6.07, 6.45) is 0. The average molecular weight is 245 g/mol. The van der Waals surface area contributed by atoms with Crippen molar-refractivity contribution >= 4 is 32.3 Å². The van der Waals surface area contributed by atoms with Crippen LogP contribution in [0.25, 0.3) is 21.0 Å². The minimum Gasteiger partial charge on any atom is -0.494 e. The molecule has 0 saturated carbocycles. The van der Waals surface area contributed by atoms with Crippen molar-refractivity contribution in [3.63, 3.8) is 0 Å². The second-order valence-corrected chi connectivity index (χ2v) is 4.67. The molecule has 17 heavy (non-hydrogen) atoms. The Kier molecular flexibility index (Phi) is 2.37. The number of benzene rings is 1. The fourth-order valence-electron chi connectivity index (χ4n) is 1.99. The van der Waals surface area contributed by atoms with Crippen molar-refractivity contribution < 1.29 is 4.74 Å². The molecule has 0 aliphatic carbocycles. The SMILES string of the molecule is CCOc1ccc2c(=O)[nH]c3sccc3c2c1. The van der Waals surface area contributed by atoms with Gasteiger partial charge in [0.25, 0.3) is 5.56 Å². The van der Waals surface area contributed by atoms with Crippen LogP contribution in [0.5, 0.6) is 5.75 Å². The standard InChI is InChI=1S/C13H11NO2S/c1-2-16-8-3-4-9-11(7-8)10-5-6-17-13(10)14-12(9)15/h3-7H,2H2,1H3,(H,14,15). The summed E-state index contributed by atoms with van der Waals surface area (Å²) >= 11 is 1.54. The molecule has 0 unspecified atom stereocenters. The molecule has 0 aliphatic rings. The van der Waals surface area contributed by atoms with Crippen molar-refractivity contribution in [3.8, 4) is 5.75 Å². The number of aromatic nitrogens is 1. The van der Waals surface area contributed by atoms with Crippen LogP contribution in [0.4, 0.5) is 0 Å². The Hall–Kier alpha value is -1.81. The summed E-state index contributed by atoms with van der Waals surface area (Å²) in [5, 5.41) is 4.72. The number of rotatable bonds is 2. The Bertz CT molecular complexity index is 742. The Balaban J connectivity index is 2.42. The molecule has 4 heteroatoms. The van der Waals surface area contributed by atoms with Crippen LogP contribution in [0.15, 0.2) is 34.4 Å². The van der Waals surface area contributed by atoms with Gasteiger partial charge in [0.1, 0.15) is 10.6 Å². The second-order valence-electron chi connectivity index (χ2n) is 3.76. The minimum absolute atomic E-state index is 0.0435. The van der Waals surface area contributed by atoms with Crippen LogP contribution >= 0.6 is 11.3 Å². The highest BCUT2D eigenvalue weighted by atomic mass is 32.1. The Labute approximate surface area is 102 Å². The summed E-state index contributed by atoms with van der Waals surface area (Å²) in [5.74, 6) is 0.804. The average Bonchev–Trinajstić information content (AvgIpc) is 2.78. The molecule has 0 atom stereocenters. The van der Waals surface area contributed by atoms with E-state index in [0.717, 1.165) is 21.4 Å². The van der Waals surface area contributed by atoms with Gasteiger partial charge in [0.2, 0.25) is 0 Å². The van der Waals surface area contributed by atoms with Crippen LogP contribution in [0.1, 0.15) is 6.92 Å². The highest BCUT2D eigenvalue weighted by Crippen LogP contribution is 2.27. The highest BCUT2D eigenvalue weighted by Gasteiger charge is 2.07. The normalized spacial score (nSPS) is 11.1. The lowest BCUT2D eigenvalue weighted by atomic mass is 10.1. The van der Waals surface area contributed by atoms with Crippen LogP contribution in [-0.4, -0.2) is 11.6 Å². The first-order chi connectivity index (χ1) is 8.29. The van der Waals surface area contributed by atoms with E-state index in [1.54, 1.807) is 0 Å². The molecule has 2 heterocycles. The molecule has 3 aromatic rings. The second kappa shape index (κ2) is 3.89. The molecule has 0 bridgehead atoms. The summed E-state index contributed by atoms with van der Waals surface area (Å²) in [4.78, 5) is 15.7. The molecule has 0 fully saturated rings. The molecular weight excluding hydrogens is 234 g/mol. The Morgan fingerprint density at radius 3 is 2.94 bits per heavy atom. The summed E-state index contributed by atoms with van der Waals surface area (Å²) < 4.78 is 5.47. The van der Waals surface area contributed by atoms with E-state index >= 15 is 0 Å². The van der Waals surface area contributed by atoms with Crippen LogP contribution in [0.2, 0.25) is 0 Å². The predicted molar refractivity (Wildman–Crippen MR) is 71.1 cm³/mol. The number of H-pyrrole nitrogens is 1. The van der Waals surface area contributed by atoms with Gasteiger partial charge in [-0.25, -0.2) is 0 Å². The third-order valence-corrected chi connectivity index (χ3v) is 3.56. The van der Waals surface area contributed by atoms with Gasteiger partial charge >= 0.3 is 0 Å². The minimum atomic E-state index is -0.0435. The van der Waals surface area contributed by atoms with Gasteiger partial charge in [0.05, 0.1) is 6.61 Å². The number of hydrogen-bond donors (Lipinski definition) is 1. The molecule has 3 rings (SSSR count). The highest BCUT2D eigenvalue weighted by molar-refractivity contribution is 7.16. The zero-order chi connectivity index (χ0) is 11.8. The van der Waals surface area contributed by atoms with Crippen molar-refractivity contribution in [2.45, 2.75) is 6.92 Å². The third-order valence-electron chi connectivity index (χ3n) is 2.73. The summed E-state index contributed by atoms with van der Waals surface area (Å²) in [7, 11) is 0. The number of pyridine rings is 1. The first kappa shape index (κ1) is 10.4. The maximum Gasteiger partial charge on any atom is 0.256 e. The third kappa shape index (κ3) is 1.61. The lowest BCUT2D eigenvalue weighted by Gasteiger charge is -2.05. The fraction of sp³-hybridized carbons (Fsp3) is 0.154. The van der Waals surface area contributed by atoms with E-state index < -0.39 is 0 Å². The van der Waals surface area contributed by atoms with Crippen LogP contribution in [0, 0.1) is 0 Å². The van der Waals surface area contributed by atoms with E-state index in [9.17, 15) is 4.79 Å². The molecule has 1 N–H and O–H groups in total. The number of thiophene rings is 1. The van der Waals surface area contributed by atoms with Gasteiger partial charge in [-0.2, -0.15) is 0 Å². The molecule has 86 valence electrons. The van der Waals surface area contributed by atoms with Crippen LogP contribution < -0.4 is 10.3 Å². The van der Waals surface area contributed by atoms with Gasteiger partial charge in [-0.1, -0.05) is 0 Å². The summed E-state index contributed by atoms with van der Waals surface area (Å²) in [6.45, 7) is 2.57. The Morgan fingerprint density at radius 1 is 1.24 bits per heavy atom. The van der Waals surface area contributed by atoms with Gasteiger partial charge in [-0.3, -0.25) is 4.79 Å². The number of ether oxygens (including phenoxy) is 1. The molecule has 0 saturated heterocycles. The van der Waals surface area contributed by atoms with E-state index in [1.165, 1.54) is 11.3 Å². The molecule has 1 aromatic carbocycles. The predicted octanol–water partition coefficient (Wildman–Crippen LogP) is 3.14. The topological polar surface area (TPSA) is 42.1 Å². The van der Waals surface area contributed by atoms with Crippen LogP contribution in [0.3, 0.4) is 0 Å². The van der Waals surface area contributed by atoms with Crippen LogP contribution in [-0.2, 0) is 0 Å². The molecule has 0 aliphatic heterocycles. The lowest BCUT2D eigenvalue weighted by molar-refractivity contribution is 0.341. The summed E-state index contributed by atoms with van der Waals surface area (Å²) in [5.41, 5.74) is -0.0435. The van der Waals surface area contributed by atoms with E-state index in [2.05, 4.69) is 4.98 Å². The molecule has 3 nitrogen and oxygen atoms in total. The zero-order valence-electron chi connectivity index (χ0n) is 9.32. The number of hydrogen-bond acceptors (Lipinski definition) is 3. The van der Waals surface area contributed by atoms with E-state index in [-0.39, 0.29) is 5.56 Å². The van der Waals surface area contributed by atoms with Gasteiger partial charge in [-0.15, -0.1) is 11.3 Å². The number of aromatic amines is 1. The molecule has 2 aromatic heterocycles. The monoisotopic (exact) mass is 245 g/mol. The maximum atomic E-state index is 11.9. The lowest BCUT2D eigenvalue weighted by Crippen LogP contribution is -2.05. The van der Waals surface area contributed by atoms with Gasteiger partial charge in [-0.05, 0) is 36.6 Å². The van der Waals surface area contributed by atoms with E-state index in [1.807, 2.05) is 36.6 Å². The largest absolute Gasteiger partial charge is 0.494 e. The van der Waals surface area contributed by atoms with Crippen molar-refractivity contribution in [1.82, 2.24) is 4.98 Å². The van der Waals surface area contributed by atoms with Crippen molar-refractivity contribution in [1.29, 1.82) is 0 Å². The first-order valence-corrected chi connectivity index (χ1v) is 6.33. The summed E-state index contributed by atoms with van der Waals surface area (Å²) in [6, 6.07) is 7.60. The fourth-order valence-corrected chi connectivity index (χ4v) is 2.79. The molecular formula is C13H11NO2S. The maximum absolute atomic E-state index is 11.9. The van der Waals surface area contributed by atoms with Gasteiger partial charge in [0, 0.05) is 16.2 Å². The van der Waals surface area contributed by atoms with Crippen molar-refractivity contribution in [2.24, 2.45) is 0 Å². The number of fused-ring (bicyclic) bond motifs is 3. The van der Waals surface area contributed by atoms with Crippen molar-refractivity contribution in [2.75, 3.05) is 6.61 Å². The first-order valence-electron chi connectivity index (χ1n) is 5.45. The molecule has 0 radical (unpaired) electrons. The van der Waals surface area contributed by atoms with Gasteiger partial charge < -0.3 is 9.72 Å². The molecule has 0 spiro atoms. The quantitative estimate of drug-likeness (QED) is 0.753. The zero-order valence-corrected chi connectivity index (χ0v) is 10.1. The van der Waals surface area contributed by atoms with Crippen molar-refractivity contribution in [3.05, 3.63) is 40.0 Å². The van der Waals surface area contributed by atoms with E-state index in [0.29, 0.717) is 12.0 Å². The smallest absolute Gasteiger partial charge is 0.256 e.